The number of fused-ring (bicyclic) bond motifs is 1. The lowest BCUT2D eigenvalue weighted by atomic mass is 10.1. The molecule has 1 aliphatic rings. The highest BCUT2D eigenvalue weighted by Crippen LogP contribution is 2.32. The molecular formula is C18H12ClNO5. The van der Waals surface area contributed by atoms with Gasteiger partial charge in [0, 0.05) is 16.7 Å². The summed E-state index contributed by atoms with van der Waals surface area (Å²) in [4.78, 5) is 12.1. The summed E-state index contributed by atoms with van der Waals surface area (Å²) in [6.45, 7) is 0.157. The van der Waals surface area contributed by atoms with Gasteiger partial charge in [0.05, 0.1) is 5.56 Å². The van der Waals surface area contributed by atoms with Crippen LogP contribution in [0.3, 0.4) is 0 Å². The minimum atomic E-state index is -0.477. The van der Waals surface area contributed by atoms with Crippen molar-refractivity contribution in [1.82, 2.24) is 5.16 Å². The van der Waals surface area contributed by atoms with E-state index >= 15 is 0 Å². The van der Waals surface area contributed by atoms with Gasteiger partial charge in [0.2, 0.25) is 6.79 Å². The molecule has 0 N–H and O–H groups in total. The lowest BCUT2D eigenvalue weighted by Crippen LogP contribution is -2.05. The van der Waals surface area contributed by atoms with Gasteiger partial charge in [0.15, 0.2) is 17.3 Å². The SMILES string of the molecule is O=C(OCc1cc(-c2ccc(Cl)cc2)on1)c1ccc2c(c1)OCO2. The van der Waals surface area contributed by atoms with E-state index in [9.17, 15) is 4.79 Å². The number of halogens is 1. The maximum absolute atomic E-state index is 12.1. The Labute approximate surface area is 147 Å². The van der Waals surface area contributed by atoms with Gasteiger partial charge in [-0.25, -0.2) is 4.79 Å². The smallest absolute Gasteiger partial charge is 0.338 e. The predicted octanol–water partition coefficient (Wildman–Crippen LogP) is 4.08. The second-order valence-electron chi connectivity index (χ2n) is 5.33. The Hall–Kier alpha value is -2.99. The van der Waals surface area contributed by atoms with Crippen molar-refractivity contribution >= 4 is 17.6 Å². The van der Waals surface area contributed by atoms with E-state index in [1.165, 1.54) is 0 Å². The molecule has 6 nitrogen and oxygen atoms in total. The molecule has 126 valence electrons. The second-order valence-corrected chi connectivity index (χ2v) is 5.77. The van der Waals surface area contributed by atoms with Gasteiger partial charge in [-0.3, -0.25) is 0 Å². The van der Waals surface area contributed by atoms with Crippen molar-refractivity contribution in [2.45, 2.75) is 6.61 Å². The minimum Gasteiger partial charge on any atom is -0.455 e. The molecule has 3 aromatic rings. The Morgan fingerprint density at radius 1 is 1.08 bits per heavy atom. The van der Waals surface area contributed by atoms with Crippen LogP contribution < -0.4 is 9.47 Å². The van der Waals surface area contributed by atoms with Crippen LogP contribution in [0.25, 0.3) is 11.3 Å². The van der Waals surface area contributed by atoms with Crippen LogP contribution in [0.2, 0.25) is 5.02 Å². The van der Waals surface area contributed by atoms with E-state index in [0.717, 1.165) is 5.56 Å². The Morgan fingerprint density at radius 2 is 1.88 bits per heavy atom. The summed E-state index contributed by atoms with van der Waals surface area (Å²) in [6, 6.07) is 13.8. The fourth-order valence-electron chi connectivity index (χ4n) is 2.38. The first-order valence-electron chi connectivity index (χ1n) is 7.47. The third kappa shape index (κ3) is 3.29. The number of rotatable bonds is 4. The van der Waals surface area contributed by atoms with Gasteiger partial charge in [-0.1, -0.05) is 16.8 Å². The average Bonchev–Trinajstić information content (AvgIpc) is 3.29. The van der Waals surface area contributed by atoms with E-state index in [4.69, 9.17) is 30.3 Å². The summed E-state index contributed by atoms with van der Waals surface area (Å²) in [5, 5.41) is 4.55. The van der Waals surface area contributed by atoms with E-state index < -0.39 is 5.97 Å². The van der Waals surface area contributed by atoms with Crippen LogP contribution in [0.1, 0.15) is 16.1 Å². The normalized spacial score (nSPS) is 12.2. The first-order valence-corrected chi connectivity index (χ1v) is 7.85. The molecular weight excluding hydrogens is 346 g/mol. The fourth-order valence-corrected chi connectivity index (χ4v) is 2.50. The molecule has 0 fully saturated rings. The molecule has 2 heterocycles. The van der Waals surface area contributed by atoms with Crippen LogP contribution in [-0.2, 0) is 11.3 Å². The van der Waals surface area contributed by atoms with Crippen molar-refractivity contribution < 1.29 is 23.5 Å². The lowest BCUT2D eigenvalue weighted by Gasteiger charge is -2.03. The van der Waals surface area contributed by atoms with E-state index in [2.05, 4.69) is 5.16 Å². The van der Waals surface area contributed by atoms with Gasteiger partial charge in [-0.2, -0.15) is 0 Å². The van der Waals surface area contributed by atoms with Crippen molar-refractivity contribution in [2.24, 2.45) is 0 Å². The fraction of sp³-hybridized carbons (Fsp3) is 0.111. The highest BCUT2D eigenvalue weighted by Gasteiger charge is 2.17. The Kier molecular flexibility index (Phi) is 4.03. The van der Waals surface area contributed by atoms with Gasteiger partial charge in [0.1, 0.15) is 12.3 Å². The largest absolute Gasteiger partial charge is 0.455 e. The van der Waals surface area contributed by atoms with Crippen LogP contribution in [0.4, 0.5) is 0 Å². The van der Waals surface area contributed by atoms with Crippen LogP contribution >= 0.6 is 11.6 Å². The third-order valence-corrected chi connectivity index (χ3v) is 3.90. The average molecular weight is 358 g/mol. The summed E-state index contributed by atoms with van der Waals surface area (Å²) in [7, 11) is 0. The third-order valence-electron chi connectivity index (χ3n) is 3.65. The zero-order chi connectivity index (χ0) is 17.2. The number of hydrogen-bond donors (Lipinski definition) is 0. The molecule has 0 radical (unpaired) electrons. The molecule has 0 unspecified atom stereocenters. The number of aromatic nitrogens is 1. The van der Waals surface area contributed by atoms with Crippen LogP contribution in [0.5, 0.6) is 11.5 Å². The number of esters is 1. The maximum Gasteiger partial charge on any atom is 0.338 e. The van der Waals surface area contributed by atoms with Crippen molar-refractivity contribution in [1.29, 1.82) is 0 Å². The van der Waals surface area contributed by atoms with Crippen molar-refractivity contribution in [3.05, 3.63) is 64.8 Å². The molecule has 2 aromatic carbocycles. The van der Waals surface area contributed by atoms with Crippen LogP contribution in [0.15, 0.2) is 53.1 Å². The van der Waals surface area contributed by atoms with Gasteiger partial charge < -0.3 is 18.7 Å². The molecule has 1 aromatic heterocycles. The molecule has 0 bridgehead atoms. The molecule has 25 heavy (non-hydrogen) atoms. The number of nitrogens with zero attached hydrogens (tertiary/aromatic N) is 1. The zero-order valence-electron chi connectivity index (χ0n) is 12.9. The standard InChI is InChI=1S/C18H12ClNO5/c19-13-4-1-11(2-5-13)16-8-14(20-25-16)9-22-18(21)12-3-6-15-17(7-12)24-10-23-15/h1-8H,9-10H2. The van der Waals surface area contributed by atoms with E-state index in [1.54, 1.807) is 36.4 Å². The molecule has 4 rings (SSSR count). The molecule has 7 heteroatoms. The monoisotopic (exact) mass is 357 g/mol. The number of hydrogen-bond acceptors (Lipinski definition) is 6. The van der Waals surface area contributed by atoms with Gasteiger partial charge in [0.25, 0.3) is 0 Å². The Morgan fingerprint density at radius 3 is 2.72 bits per heavy atom. The number of carbonyl (C=O) groups excluding carboxylic acids is 1. The Bertz CT molecular complexity index is 919. The quantitative estimate of drug-likeness (QED) is 0.655. The number of ether oxygens (including phenoxy) is 3. The number of carbonyl (C=O) groups is 1. The molecule has 0 saturated heterocycles. The molecule has 0 spiro atoms. The van der Waals surface area contributed by atoms with Crippen molar-refractivity contribution in [2.75, 3.05) is 6.79 Å². The highest BCUT2D eigenvalue weighted by atomic mass is 35.5. The van der Waals surface area contributed by atoms with Crippen molar-refractivity contribution in [3.63, 3.8) is 0 Å². The molecule has 0 amide bonds. The summed E-state index contributed by atoms with van der Waals surface area (Å²) in [5.41, 5.74) is 1.73. The summed E-state index contributed by atoms with van der Waals surface area (Å²) in [5.74, 6) is 1.24. The van der Waals surface area contributed by atoms with Crippen molar-refractivity contribution in [3.8, 4) is 22.8 Å². The van der Waals surface area contributed by atoms with Gasteiger partial charge >= 0.3 is 5.97 Å². The zero-order valence-corrected chi connectivity index (χ0v) is 13.7. The van der Waals surface area contributed by atoms with Crippen LogP contribution in [-0.4, -0.2) is 17.9 Å². The maximum atomic E-state index is 12.1. The molecule has 0 aliphatic carbocycles. The molecule has 1 aliphatic heterocycles. The highest BCUT2D eigenvalue weighted by molar-refractivity contribution is 6.30. The van der Waals surface area contributed by atoms with E-state index in [0.29, 0.717) is 33.5 Å². The molecule has 0 atom stereocenters. The van der Waals surface area contributed by atoms with E-state index in [-0.39, 0.29) is 13.4 Å². The van der Waals surface area contributed by atoms with Crippen LogP contribution in [0, 0.1) is 0 Å². The van der Waals surface area contributed by atoms with E-state index in [1.807, 2.05) is 12.1 Å². The molecule has 0 saturated carbocycles. The second kappa shape index (κ2) is 6.49. The topological polar surface area (TPSA) is 70.8 Å². The minimum absolute atomic E-state index is 0.00433. The number of benzene rings is 2. The first kappa shape index (κ1) is 15.5. The van der Waals surface area contributed by atoms with Gasteiger partial charge in [-0.05, 0) is 42.5 Å². The predicted molar refractivity (Wildman–Crippen MR) is 88.6 cm³/mol. The first-order chi connectivity index (χ1) is 12.2. The lowest BCUT2D eigenvalue weighted by molar-refractivity contribution is 0.0464. The van der Waals surface area contributed by atoms with Gasteiger partial charge in [-0.15, -0.1) is 0 Å². The summed E-state index contributed by atoms with van der Waals surface area (Å²) in [6.07, 6.45) is 0. The Balaban J connectivity index is 1.41. The summed E-state index contributed by atoms with van der Waals surface area (Å²) >= 11 is 5.86. The summed E-state index contributed by atoms with van der Waals surface area (Å²) < 4.78 is 21.0.